The Balaban J connectivity index is 2.24. The topological polar surface area (TPSA) is 37.3 Å². The first-order valence-electron chi connectivity index (χ1n) is 5.04. The molecule has 2 heteroatoms. The number of hydrogen-bond acceptors (Lipinski definition) is 2. The van der Waals surface area contributed by atoms with Gasteiger partial charge in [-0.25, -0.2) is 0 Å². The van der Waals surface area contributed by atoms with E-state index in [4.69, 9.17) is 0 Å². The Morgan fingerprint density at radius 1 is 1.50 bits per heavy atom. The number of fused-ring (bicyclic) bond motifs is 1. The number of benzene rings is 1. The van der Waals surface area contributed by atoms with Crippen molar-refractivity contribution in [2.24, 2.45) is 5.92 Å². The minimum Gasteiger partial charge on any atom is -0.508 e. The Morgan fingerprint density at radius 2 is 2.36 bits per heavy atom. The fraction of sp³-hybridized carbons (Fsp3) is 0.417. The first-order chi connectivity index (χ1) is 6.81. The third-order valence-corrected chi connectivity index (χ3v) is 2.99. The number of carbonyl (C=O) groups is 1. The highest BCUT2D eigenvalue weighted by molar-refractivity contribution is 5.50. The molecule has 2 rings (SSSR count). The van der Waals surface area contributed by atoms with Gasteiger partial charge in [0.15, 0.2) is 0 Å². The molecule has 1 aliphatic carbocycles. The van der Waals surface area contributed by atoms with Crippen molar-refractivity contribution in [2.75, 3.05) is 0 Å². The van der Waals surface area contributed by atoms with Crippen LogP contribution in [0.25, 0.3) is 0 Å². The van der Waals surface area contributed by atoms with Crippen LogP contribution < -0.4 is 0 Å². The fourth-order valence-electron chi connectivity index (χ4n) is 2.18. The van der Waals surface area contributed by atoms with Crippen LogP contribution in [-0.4, -0.2) is 11.4 Å². The lowest BCUT2D eigenvalue weighted by molar-refractivity contribution is -0.108. The van der Waals surface area contributed by atoms with Crippen molar-refractivity contribution < 1.29 is 9.90 Å². The monoisotopic (exact) mass is 190 g/mol. The van der Waals surface area contributed by atoms with Gasteiger partial charge in [-0.2, -0.15) is 0 Å². The van der Waals surface area contributed by atoms with Crippen LogP contribution in [0, 0.1) is 5.92 Å². The van der Waals surface area contributed by atoms with Crippen molar-refractivity contribution in [1.29, 1.82) is 0 Å². The molecule has 0 saturated carbocycles. The molecule has 1 aromatic rings. The second-order valence-corrected chi connectivity index (χ2v) is 3.93. The summed E-state index contributed by atoms with van der Waals surface area (Å²) in [5, 5.41) is 9.65. The molecule has 0 fully saturated rings. The zero-order valence-corrected chi connectivity index (χ0v) is 8.07. The van der Waals surface area contributed by atoms with Crippen molar-refractivity contribution in [3.05, 3.63) is 29.3 Å². The highest BCUT2D eigenvalue weighted by Gasteiger charge is 2.20. The van der Waals surface area contributed by atoms with Gasteiger partial charge < -0.3 is 9.90 Å². The molecular weight excluding hydrogens is 176 g/mol. The van der Waals surface area contributed by atoms with Gasteiger partial charge in [-0.3, -0.25) is 0 Å². The van der Waals surface area contributed by atoms with Gasteiger partial charge in [-0.15, -0.1) is 0 Å². The molecule has 1 atom stereocenters. The average molecular weight is 190 g/mol. The van der Waals surface area contributed by atoms with Gasteiger partial charge in [0, 0.05) is 6.42 Å². The molecule has 0 spiro atoms. The molecule has 0 aromatic heterocycles. The summed E-state index contributed by atoms with van der Waals surface area (Å²) in [4.78, 5) is 10.4. The largest absolute Gasteiger partial charge is 0.508 e. The molecule has 2 nitrogen and oxygen atoms in total. The van der Waals surface area contributed by atoms with Crippen LogP contribution in [0.5, 0.6) is 5.75 Å². The third-order valence-electron chi connectivity index (χ3n) is 2.99. The smallest absolute Gasteiger partial charge is 0.120 e. The summed E-state index contributed by atoms with van der Waals surface area (Å²) in [5.74, 6) is 0.811. The van der Waals surface area contributed by atoms with Gasteiger partial charge >= 0.3 is 0 Å². The summed E-state index contributed by atoms with van der Waals surface area (Å²) < 4.78 is 0. The number of hydrogen-bond donors (Lipinski definition) is 1. The molecule has 0 radical (unpaired) electrons. The van der Waals surface area contributed by atoms with E-state index in [-0.39, 0.29) is 0 Å². The molecule has 0 bridgehead atoms. The standard InChI is InChI=1S/C12H14O2/c13-7-6-9-4-5-10-2-1-3-12(14)11(10)8-9/h1-3,7,9,14H,4-6,8H2. The first kappa shape index (κ1) is 9.25. The van der Waals surface area contributed by atoms with E-state index in [2.05, 4.69) is 6.07 Å². The van der Waals surface area contributed by atoms with Crippen molar-refractivity contribution in [3.8, 4) is 5.75 Å². The van der Waals surface area contributed by atoms with Gasteiger partial charge in [0.1, 0.15) is 12.0 Å². The maximum Gasteiger partial charge on any atom is 0.120 e. The number of aldehydes is 1. The van der Waals surface area contributed by atoms with Crippen LogP contribution >= 0.6 is 0 Å². The maximum atomic E-state index is 10.4. The number of phenolic OH excluding ortho intramolecular Hbond substituents is 1. The molecule has 74 valence electrons. The summed E-state index contributed by atoms with van der Waals surface area (Å²) in [5.41, 5.74) is 2.29. The Hall–Kier alpha value is -1.31. The second kappa shape index (κ2) is 3.82. The lowest BCUT2D eigenvalue weighted by atomic mass is 9.82. The Kier molecular flexibility index (Phi) is 2.53. The van der Waals surface area contributed by atoms with E-state index in [1.165, 1.54) is 5.56 Å². The van der Waals surface area contributed by atoms with E-state index < -0.39 is 0 Å². The van der Waals surface area contributed by atoms with Crippen LogP contribution in [-0.2, 0) is 17.6 Å². The number of phenols is 1. The van der Waals surface area contributed by atoms with Gasteiger partial charge in [0.2, 0.25) is 0 Å². The zero-order chi connectivity index (χ0) is 9.97. The van der Waals surface area contributed by atoms with Crippen molar-refractivity contribution in [1.82, 2.24) is 0 Å². The van der Waals surface area contributed by atoms with Crippen LogP contribution in [0.4, 0.5) is 0 Å². The summed E-state index contributed by atoms with van der Waals surface area (Å²) in [7, 11) is 0. The van der Waals surface area contributed by atoms with Crippen molar-refractivity contribution >= 4 is 6.29 Å². The van der Waals surface area contributed by atoms with E-state index in [1.807, 2.05) is 6.07 Å². The molecule has 14 heavy (non-hydrogen) atoms. The van der Waals surface area contributed by atoms with Gasteiger partial charge in [0.05, 0.1) is 0 Å². The number of aryl methyl sites for hydroxylation is 1. The Labute approximate surface area is 83.6 Å². The SMILES string of the molecule is O=CCC1CCc2cccc(O)c2C1. The highest BCUT2D eigenvalue weighted by Crippen LogP contribution is 2.32. The van der Waals surface area contributed by atoms with Crippen LogP contribution in [0.3, 0.4) is 0 Å². The summed E-state index contributed by atoms with van der Waals surface area (Å²) in [6.07, 6.45) is 4.50. The normalized spacial score (nSPS) is 20.1. The predicted molar refractivity (Wildman–Crippen MR) is 54.3 cm³/mol. The molecular formula is C12H14O2. The van der Waals surface area contributed by atoms with E-state index in [1.54, 1.807) is 6.07 Å². The minimum absolute atomic E-state index is 0.387. The summed E-state index contributed by atoms with van der Waals surface area (Å²) >= 11 is 0. The Morgan fingerprint density at radius 3 is 3.14 bits per heavy atom. The molecule has 0 heterocycles. The second-order valence-electron chi connectivity index (χ2n) is 3.93. The molecule has 0 amide bonds. The van der Waals surface area contributed by atoms with E-state index in [9.17, 15) is 9.90 Å². The molecule has 0 aliphatic heterocycles. The average Bonchev–Trinajstić information content (AvgIpc) is 2.20. The summed E-state index contributed by atoms with van der Waals surface area (Å²) in [6.45, 7) is 0. The minimum atomic E-state index is 0.387. The van der Waals surface area contributed by atoms with Crippen LogP contribution in [0.15, 0.2) is 18.2 Å². The molecule has 1 aliphatic rings. The first-order valence-corrected chi connectivity index (χ1v) is 5.04. The predicted octanol–water partition coefficient (Wildman–Crippen LogP) is 2.09. The van der Waals surface area contributed by atoms with E-state index in [0.717, 1.165) is 31.1 Å². The molecule has 1 aromatic carbocycles. The number of aromatic hydroxyl groups is 1. The quantitative estimate of drug-likeness (QED) is 0.725. The van der Waals surface area contributed by atoms with Crippen molar-refractivity contribution in [2.45, 2.75) is 25.7 Å². The zero-order valence-electron chi connectivity index (χ0n) is 8.07. The van der Waals surface area contributed by atoms with Crippen LogP contribution in [0.1, 0.15) is 24.0 Å². The number of rotatable bonds is 2. The fourth-order valence-corrected chi connectivity index (χ4v) is 2.18. The Bertz CT molecular complexity index is 344. The lowest BCUT2D eigenvalue weighted by Crippen LogP contribution is -2.14. The van der Waals surface area contributed by atoms with Gasteiger partial charge in [0.25, 0.3) is 0 Å². The number of carbonyl (C=O) groups excluding carboxylic acids is 1. The highest BCUT2D eigenvalue weighted by atomic mass is 16.3. The van der Waals surface area contributed by atoms with E-state index in [0.29, 0.717) is 18.1 Å². The molecule has 0 saturated heterocycles. The van der Waals surface area contributed by atoms with Crippen molar-refractivity contribution in [3.63, 3.8) is 0 Å². The molecule has 1 unspecified atom stereocenters. The lowest BCUT2D eigenvalue weighted by Gasteiger charge is -2.23. The van der Waals surface area contributed by atoms with Gasteiger partial charge in [-0.1, -0.05) is 12.1 Å². The third kappa shape index (κ3) is 1.65. The van der Waals surface area contributed by atoms with E-state index >= 15 is 0 Å². The maximum absolute atomic E-state index is 10.4. The van der Waals surface area contributed by atoms with Crippen LogP contribution in [0.2, 0.25) is 0 Å². The van der Waals surface area contributed by atoms with Gasteiger partial charge in [-0.05, 0) is 42.4 Å². The molecule has 1 N–H and O–H groups in total. The summed E-state index contributed by atoms with van der Waals surface area (Å²) in [6, 6.07) is 5.67.